The molecule has 1 heterocycles. The van der Waals surface area contributed by atoms with Crippen LogP contribution < -0.4 is 0 Å². The largest absolute Gasteiger partial charge is 0.335 e. The van der Waals surface area contributed by atoms with Crippen LogP contribution in [0.5, 0.6) is 0 Å². The molecule has 0 bridgehead atoms. The van der Waals surface area contributed by atoms with Crippen molar-refractivity contribution in [2.24, 2.45) is 0 Å². The normalized spacial score (nSPS) is 11.8. The molecule has 126 valence electrons. The number of benzene rings is 2. The lowest BCUT2D eigenvalue weighted by Crippen LogP contribution is -2.29. The van der Waals surface area contributed by atoms with E-state index in [9.17, 15) is 9.18 Å². The molecule has 0 saturated carbocycles. The van der Waals surface area contributed by atoms with Gasteiger partial charge in [0.15, 0.2) is 0 Å². The van der Waals surface area contributed by atoms with Crippen molar-refractivity contribution in [2.75, 3.05) is 7.05 Å². The van der Waals surface area contributed by atoms with Crippen molar-refractivity contribution in [2.45, 2.75) is 13.0 Å². The summed E-state index contributed by atoms with van der Waals surface area (Å²) in [7, 11) is 1.79. The highest BCUT2D eigenvalue weighted by atomic mass is 19.1. The van der Waals surface area contributed by atoms with Crippen molar-refractivity contribution >= 4 is 5.91 Å². The molecule has 3 aromatic rings. The molecule has 0 spiro atoms. The van der Waals surface area contributed by atoms with Crippen LogP contribution in [-0.4, -0.2) is 22.8 Å². The van der Waals surface area contributed by atoms with E-state index in [-0.39, 0.29) is 17.8 Å². The van der Waals surface area contributed by atoms with Crippen LogP contribution in [0.15, 0.2) is 73.1 Å². The van der Waals surface area contributed by atoms with Crippen molar-refractivity contribution in [3.63, 3.8) is 0 Å². The topological polar surface area (TPSA) is 33.2 Å². The summed E-state index contributed by atoms with van der Waals surface area (Å²) in [5, 5.41) is 0. The maximum Gasteiger partial charge on any atom is 0.254 e. The summed E-state index contributed by atoms with van der Waals surface area (Å²) >= 11 is 0. The minimum absolute atomic E-state index is 0.0570. The molecule has 1 aromatic heterocycles. The van der Waals surface area contributed by atoms with Gasteiger partial charge in [-0.2, -0.15) is 0 Å². The first-order valence-electron chi connectivity index (χ1n) is 8.09. The standard InChI is InChI=1S/C21H19FN2O/c1-15(16-10-12-23-13-11-16)24(2)21(25)18-8-6-17(7-9-18)19-4-3-5-20(22)14-19/h3-15H,1-2H3/t15-/m1/s1. The van der Waals surface area contributed by atoms with E-state index in [0.29, 0.717) is 5.56 Å². The molecule has 0 saturated heterocycles. The molecule has 3 rings (SSSR count). The highest BCUT2D eigenvalue weighted by Crippen LogP contribution is 2.23. The van der Waals surface area contributed by atoms with Gasteiger partial charge in [-0.3, -0.25) is 9.78 Å². The van der Waals surface area contributed by atoms with Crippen molar-refractivity contribution in [3.05, 3.63) is 90.0 Å². The number of aromatic nitrogens is 1. The first-order valence-corrected chi connectivity index (χ1v) is 8.09. The summed E-state index contributed by atoms with van der Waals surface area (Å²) in [5.74, 6) is -0.335. The molecule has 0 unspecified atom stereocenters. The van der Waals surface area contributed by atoms with Gasteiger partial charge in [0, 0.05) is 25.0 Å². The fraction of sp³-hybridized carbons (Fsp3) is 0.143. The lowest BCUT2D eigenvalue weighted by Gasteiger charge is -2.25. The third-order valence-electron chi connectivity index (χ3n) is 4.38. The quantitative estimate of drug-likeness (QED) is 0.691. The fourth-order valence-electron chi connectivity index (χ4n) is 2.72. The van der Waals surface area contributed by atoms with Gasteiger partial charge < -0.3 is 4.90 Å². The molecule has 1 amide bonds. The van der Waals surface area contributed by atoms with E-state index >= 15 is 0 Å². The van der Waals surface area contributed by atoms with Crippen LogP contribution in [0.4, 0.5) is 4.39 Å². The zero-order valence-electron chi connectivity index (χ0n) is 14.2. The maximum absolute atomic E-state index is 13.4. The second-order valence-corrected chi connectivity index (χ2v) is 5.96. The molecule has 25 heavy (non-hydrogen) atoms. The second kappa shape index (κ2) is 7.26. The Morgan fingerprint density at radius 3 is 2.32 bits per heavy atom. The second-order valence-electron chi connectivity index (χ2n) is 5.96. The third kappa shape index (κ3) is 3.74. The van der Waals surface area contributed by atoms with Gasteiger partial charge in [0.1, 0.15) is 5.82 Å². The van der Waals surface area contributed by atoms with E-state index in [1.165, 1.54) is 12.1 Å². The van der Waals surface area contributed by atoms with E-state index in [2.05, 4.69) is 4.98 Å². The monoisotopic (exact) mass is 334 g/mol. The number of halogens is 1. The molecule has 3 nitrogen and oxygen atoms in total. The number of carbonyl (C=O) groups is 1. The predicted octanol–water partition coefficient (Wildman–Crippen LogP) is 4.72. The Balaban J connectivity index is 1.78. The molecule has 0 radical (unpaired) electrons. The zero-order chi connectivity index (χ0) is 17.8. The van der Waals surface area contributed by atoms with Gasteiger partial charge in [0.25, 0.3) is 5.91 Å². The number of pyridine rings is 1. The average molecular weight is 334 g/mol. The number of hydrogen-bond acceptors (Lipinski definition) is 2. The number of amides is 1. The van der Waals surface area contributed by atoms with E-state index in [1.807, 2.05) is 37.3 Å². The zero-order valence-corrected chi connectivity index (χ0v) is 14.2. The van der Waals surface area contributed by atoms with Crippen LogP contribution in [0.1, 0.15) is 28.9 Å². The lowest BCUT2D eigenvalue weighted by molar-refractivity contribution is 0.0742. The van der Waals surface area contributed by atoms with Crippen LogP contribution in [0, 0.1) is 5.82 Å². The fourth-order valence-corrected chi connectivity index (χ4v) is 2.72. The van der Waals surface area contributed by atoms with Gasteiger partial charge in [-0.25, -0.2) is 4.39 Å². The van der Waals surface area contributed by atoms with Crippen LogP contribution in [0.3, 0.4) is 0 Å². The average Bonchev–Trinajstić information content (AvgIpc) is 2.67. The van der Waals surface area contributed by atoms with E-state index in [4.69, 9.17) is 0 Å². The van der Waals surface area contributed by atoms with Crippen LogP contribution in [-0.2, 0) is 0 Å². The Morgan fingerprint density at radius 2 is 1.68 bits per heavy atom. The van der Waals surface area contributed by atoms with Crippen LogP contribution in [0.25, 0.3) is 11.1 Å². The molecule has 0 aliphatic heterocycles. The molecule has 0 aliphatic carbocycles. The first kappa shape index (κ1) is 16.8. The van der Waals surface area contributed by atoms with Gasteiger partial charge in [-0.1, -0.05) is 24.3 Å². The van der Waals surface area contributed by atoms with Crippen molar-refractivity contribution in [1.82, 2.24) is 9.88 Å². The highest BCUT2D eigenvalue weighted by Gasteiger charge is 2.18. The summed E-state index contributed by atoms with van der Waals surface area (Å²) in [6.45, 7) is 1.98. The Bertz CT molecular complexity index is 863. The summed E-state index contributed by atoms with van der Waals surface area (Å²) in [6.07, 6.45) is 3.44. The summed E-state index contributed by atoms with van der Waals surface area (Å²) < 4.78 is 13.4. The Labute approximate surface area is 146 Å². The van der Waals surface area contributed by atoms with Gasteiger partial charge in [-0.05, 0) is 60.0 Å². The molecule has 0 N–H and O–H groups in total. The number of carbonyl (C=O) groups excluding carboxylic acids is 1. The number of hydrogen-bond donors (Lipinski definition) is 0. The highest BCUT2D eigenvalue weighted by molar-refractivity contribution is 5.94. The van der Waals surface area contributed by atoms with Gasteiger partial charge >= 0.3 is 0 Å². The van der Waals surface area contributed by atoms with E-state index in [1.54, 1.807) is 42.5 Å². The van der Waals surface area contributed by atoms with Crippen molar-refractivity contribution in [3.8, 4) is 11.1 Å². The Hall–Kier alpha value is -3.01. The van der Waals surface area contributed by atoms with Crippen molar-refractivity contribution < 1.29 is 9.18 Å². The summed E-state index contributed by atoms with van der Waals surface area (Å²) in [6, 6.07) is 17.4. The van der Waals surface area contributed by atoms with Crippen molar-refractivity contribution in [1.29, 1.82) is 0 Å². The number of nitrogens with zero attached hydrogens (tertiary/aromatic N) is 2. The molecule has 0 fully saturated rings. The van der Waals surface area contributed by atoms with E-state index in [0.717, 1.165) is 16.7 Å². The lowest BCUT2D eigenvalue weighted by atomic mass is 10.0. The molecular weight excluding hydrogens is 315 g/mol. The van der Waals surface area contributed by atoms with Gasteiger partial charge in [0.05, 0.1) is 6.04 Å². The summed E-state index contributed by atoms with van der Waals surface area (Å²) in [4.78, 5) is 18.4. The third-order valence-corrected chi connectivity index (χ3v) is 4.38. The molecule has 4 heteroatoms. The molecular formula is C21H19FN2O. The SMILES string of the molecule is C[C@H](c1ccncc1)N(C)C(=O)c1ccc(-c2cccc(F)c2)cc1. The molecule has 0 aliphatic rings. The number of rotatable bonds is 4. The van der Waals surface area contributed by atoms with Crippen LogP contribution >= 0.6 is 0 Å². The van der Waals surface area contributed by atoms with Crippen LogP contribution in [0.2, 0.25) is 0 Å². The van der Waals surface area contributed by atoms with Gasteiger partial charge in [0.2, 0.25) is 0 Å². The summed E-state index contributed by atoms with van der Waals surface area (Å²) in [5.41, 5.74) is 3.30. The maximum atomic E-state index is 13.4. The predicted molar refractivity (Wildman–Crippen MR) is 96.6 cm³/mol. The minimum atomic E-state index is -0.274. The minimum Gasteiger partial charge on any atom is -0.335 e. The molecule has 2 aromatic carbocycles. The smallest absolute Gasteiger partial charge is 0.254 e. The first-order chi connectivity index (χ1) is 12.1. The Morgan fingerprint density at radius 1 is 1.00 bits per heavy atom. The molecule has 1 atom stereocenters. The van der Waals surface area contributed by atoms with E-state index < -0.39 is 0 Å². The Kier molecular flexibility index (Phi) is 4.89. The van der Waals surface area contributed by atoms with Gasteiger partial charge in [-0.15, -0.1) is 0 Å².